The van der Waals surface area contributed by atoms with Gasteiger partial charge < -0.3 is 5.32 Å². The molecule has 0 radical (unpaired) electrons. The summed E-state index contributed by atoms with van der Waals surface area (Å²) < 4.78 is 17.0. The lowest BCUT2D eigenvalue weighted by molar-refractivity contribution is 0.575. The minimum absolute atomic E-state index is 0.101. The van der Waals surface area contributed by atoms with E-state index in [4.69, 9.17) is 11.6 Å². The minimum Gasteiger partial charge on any atom is -0.309 e. The van der Waals surface area contributed by atoms with E-state index in [0.717, 1.165) is 13.6 Å². The van der Waals surface area contributed by atoms with Crippen LogP contribution in [0.3, 0.4) is 0 Å². The van der Waals surface area contributed by atoms with Gasteiger partial charge in [-0.3, -0.25) is 0 Å². The molecule has 2 aromatic carbocycles. The van der Waals surface area contributed by atoms with Gasteiger partial charge in [0.05, 0.1) is 11.1 Å². The molecule has 1 atom stereocenters. The third-order valence-corrected chi connectivity index (χ3v) is 5.59. The van der Waals surface area contributed by atoms with Gasteiger partial charge in [-0.25, -0.2) is 4.39 Å². The van der Waals surface area contributed by atoms with Gasteiger partial charge in [-0.05, 0) is 75.4 Å². The largest absolute Gasteiger partial charge is 0.309 e. The number of halogens is 5. The zero-order valence-electron chi connectivity index (χ0n) is 10.4. The Bertz CT molecular complexity index is 651. The SMILES string of the molecule is CNC(c1cc(I)ccc1Br)c1ccc(Br)c(Cl)c1F. The number of nitrogens with one attached hydrogen (secondary N) is 1. The summed E-state index contributed by atoms with van der Waals surface area (Å²) in [4.78, 5) is 0. The molecular formula is C14H10Br2ClFIN. The first-order chi connectivity index (χ1) is 9.45. The standard InChI is InChI=1S/C14H10Br2ClFIN/c1-20-14(9-6-7(19)2-4-10(9)15)8-3-5-11(16)12(17)13(8)18/h2-6,14,20H,1H3. The van der Waals surface area contributed by atoms with Gasteiger partial charge in [0.1, 0.15) is 5.82 Å². The van der Waals surface area contributed by atoms with Crippen LogP contribution in [0, 0.1) is 9.39 Å². The van der Waals surface area contributed by atoms with E-state index >= 15 is 0 Å². The summed E-state index contributed by atoms with van der Waals surface area (Å²) in [6.07, 6.45) is 0. The molecule has 106 valence electrons. The first-order valence-corrected chi connectivity index (χ1v) is 8.75. The van der Waals surface area contributed by atoms with Gasteiger partial charge in [0.25, 0.3) is 0 Å². The summed E-state index contributed by atoms with van der Waals surface area (Å²) in [7, 11) is 1.80. The van der Waals surface area contributed by atoms with E-state index in [9.17, 15) is 4.39 Å². The highest BCUT2D eigenvalue weighted by Gasteiger charge is 2.21. The van der Waals surface area contributed by atoms with Crippen LogP contribution in [0.1, 0.15) is 17.2 Å². The molecule has 1 nitrogen and oxygen atoms in total. The van der Waals surface area contributed by atoms with Crippen molar-refractivity contribution in [3.8, 4) is 0 Å². The maximum Gasteiger partial charge on any atom is 0.148 e. The van der Waals surface area contributed by atoms with Gasteiger partial charge in [-0.2, -0.15) is 0 Å². The fraction of sp³-hybridized carbons (Fsp3) is 0.143. The van der Waals surface area contributed by atoms with Crippen LogP contribution in [0.4, 0.5) is 4.39 Å². The first-order valence-electron chi connectivity index (χ1n) is 5.71. The Morgan fingerprint density at radius 1 is 1.15 bits per heavy atom. The minimum atomic E-state index is -0.411. The highest BCUT2D eigenvalue weighted by Crippen LogP contribution is 2.35. The molecule has 0 aliphatic rings. The molecule has 0 amide bonds. The van der Waals surface area contributed by atoms with E-state index in [-0.39, 0.29) is 11.1 Å². The maximum atomic E-state index is 14.4. The van der Waals surface area contributed by atoms with Gasteiger partial charge >= 0.3 is 0 Å². The molecule has 0 bridgehead atoms. The van der Waals surface area contributed by atoms with Crippen LogP contribution in [0.2, 0.25) is 5.02 Å². The summed E-state index contributed by atoms with van der Waals surface area (Å²) in [6, 6.07) is 9.18. The van der Waals surface area contributed by atoms with Crippen molar-refractivity contribution < 1.29 is 4.39 Å². The van der Waals surface area contributed by atoms with E-state index in [1.54, 1.807) is 19.2 Å². The van der Waals surface area contributed by atoms with Crippen molar-refractivity contribution >= 4 is 66.1 Å². The number of hydrogen-bond donors (Lipinski definition) is 1. The maximum absolute atomic E-state index is 14.4. The molecule has 1 unspecified atom stereocenters. The summed E-state index contributed by atoms with van der Waals surface area (Å²) >= 11 is 15.0. The number of rotatable bonds is 3. The van der Waals surface area contributed by atoms with Gasteiger partial charge in [0.15, 0.2) is 0 Å². The lowest BCUT2D eigenvalue weighted by Crippen LogP contribution is -2.19. The zero-order valence-corrected chi connectivity index (χ0v) is 16.4. The highest BCUT2D eigenvalue weighted by atomic mass is 127. The topological polar surface area (TPSA) is 12.0 Å². The molecule has 0 heterocycles. The van der Waals surface area contributed by atoms with E-state index in [1.165, 1.54) is 0 Å². The lowest BCUT2D eigenvalue weighted by atomic mass is 9.98. The third kappa shape index (κ3) is 3.38. The second kappa shape index (κ2) is 7.05. The molecule has 0 saturated carbocycles. The Kier molecular flexibility index (Phi) is 5.88. The highest BCUT2D eigenvalue weighted by molar-refractivity contribution is 14.1. The van der Waals surface area contributed by atoms with Crippen LogP contribution >= 0.6 is 66.1 Å². The summed E-state index contributed by atoms with van der Waals surface area (Å²) in [5, 5.41) is 3.24. The second-order valence-corrected chi connectivity index (χ2v) is 7.48. The smallest absolute Gasteiger partial charge is 0.148 e. The molecule has 20 heavy (non-hydrogen) atoms. The van der Waals surface area contributed by atoms with Crippen molar-refractivity contribution in [1.82, 2.24) is 5.32 Å². The molecule has 0 aromatic heterocycles. The predicted molar refractivity (Wildman–Crippen MR) is 96.9 cm³/mol. The van der Waals surface area contributed by atoms with E-state index in [1.807, 2.05) is 18.2 Å². The molecule has 0 aliphatic heterocycles. The monoisotopic (exact) mass is 531 g/mol. The van der Waals surface area contributed by atoms with Crippen molar-refractivity contribution in [3.05, 3.63) is 64.8 Å². The average Bonchev–Trinajstić information content (AvgIpc) is 2.43. The molecule has 0 saturated heterocycles. The Balaban J connectivity index is 2.58. The first kappa shape index (κ1) is 16.7. The average molecular weight is 533 g/mol. The summed E-state index contributed by atoms with van der Waals surface area (Å²) in [5.74, 6) is -0.411. The van der Waals surface area contributed by atoms with Crippen LogP contribution in [0.25, 0.3) is 0 Å². The number of benzene rings is 2. The van der Waals surface area contributed by atoms with Gasteiger partial charge in [0.2, 0.25) is 0 Å². The van der Waals surface area contributed by atoms with Crippen LogP contribution in [-0.4, -0.2) is 7.05 Å². The van der Waals surface area contributed by atoms with Crippen LogP contribution in [0.5, 0.6) is 0 Å². The van der Waals surface area contributed by atoms with Crippen molar-refractivity contribution in [2.24, 2.45) is 0 Å². The van der Waals surface area contributed by atoms with E-state index in [0.29, 0.717) is 10.0 Å². The molecule has 0 aliphatic carbocycles. The number of hydrogen-bond acceptors (Lipinski definition) is 1. The van der Waals surface area contributed by atoms with Gasteiger partial charge in [-0.15, -0.1) is 0 Å². The van der Waals surface area contributed by atoms with E-state index in [2.05, 4.69) is 59.8 Å². The van der Waals surface area contributed by atoms with Crippen LogP contribution in [0.15, 0.2) is 39.3 Å². The fourth-order valence-electron chi connectivity index (χ4n) is 1.98. The Hall–Kier alpha value is 0.310. The zero-order chi connectivity index (χ0) is 14.9. The lowest BCUT2D eigenvalue weighted by Gasteiger charge is -2.20. The van der Waals surface area contributed by atoms with Crippen LogP contribution < -0.4 is 5.32 Å². The molecular weight excluding hydrogens is 523 g/mol. The molecule has 0 spiro atoms. The predicted octanol–water partition coefficient (Wildman–Crippen LogP) is 5.92. The second-order valence-electron chi connectivity index (χ2n) is 4.15. The van der Waals surface area contributed by atoms with Crippen molar-refractivity contribution in [1.29, 1.82) is 0 Å². The summed E-state index contributed by atoms with van der Waals surface area (Å²) in [6.45, 7) is 0. The normalized spacial score (nSPS) is 12.5. The van der Waals surface area contributed by atoms with Crippen molar-refractivity contribution in [3.63, 3.8) is 0 Å². The fourth-order valence-corrected chi connectivity index (χ4v) is 3.45. The van der Waals surface area contributed by atoms with Crippen molar-refractivity contribution in [2.75, 3.05) is 7.05 Å². The molecule has 2 rings (SSSR count). The van der Waals surface area contributed by atoms with E-state index < -0.39 is 5.82 Å². The van der Waals surface area contributed by atoms with Crippen molar-refractivity contribution in [2.45, 2.75) is 6.04 Å². The summed E-state index contributed by atoms with van der Waals surface area (Å²) in [5.41, 5.74) is 1.49. The Morgan fingerprint density at radius 3 is 2.45 bits per heavy atom. The molecule has 6 heteroatoms. The Morgan fingerprint density at radius 2 is 1.80 bits per heavy atom. The molecule has 1 N–H and O–H groups in total. The quantitative estimate of drug-likeness (QED) is 0.382. The molecule has 2 aromatic rings. The van der Waals surface area contributed by atoms with Crippen LogP contribution in [-0.2, 0) is 0 Å². The molecule has 0 fully saturated rings. The Labute approximate surface area is 152 Å². The van der Waals surface area contributed by atoms with Gasteiger partial charge in [0, 0.05) is 18.1 Å². The van der Waals surface area contributed by atoms with Gasteiger partial charge in [-0.1, -0.05) is 33.6 Å². The third-order valence-electron chi connectivity index (χ3n) is 2.93.